The molecule has 0 aliphatic carbocycles. The summed E-state index contributed by atoms with van der Waals surface area (Å²) < 4.78 is 68.8. The first-order valence-corrected chi connectivity index (χ1v) is 45.5. The van der Waals surface area contributed by atoms with Crippen LogP contribution in [0.3, 0.4) is 0 Å². The standard InChI is InChI=1S/C85H156O17P2/c1-5-9-13-17-21-25-29-33-37-38-39-40-44-46-50-54-58-62-66-70-83(88)96-76-81(102-85(90)72-68-64-60-56-52-48-43-36-32-28-24-20-16-12-8-4)78-100-104(93,94)98-74-79(86)73-97-103(91,92)99-77-80(101-84(89)71-67-63-59-55-51-47-42-35-31-27-23-19-15-11-7-3)75-95-82(87)69-65-61-57-53-49-45-41-34-30-26-22-18-14-10-6-2/h21-22,25-26,33-34,37,39-41,79-81,86H,5-20,23-24,27-32,35-36,38,42-78H2,1-4H3,(H,91,92)(H,93,94)/b25-21-,26-22-,37-33-,40-39-,41-34-. The fourth-order valence-electron chi connectivity index (χ4n) is 12.0. The van der Waals surface area contributed by atoms with Crippen molar-refractivity contribution in [1.82, 2.24) is 0 Å². The van der Waals surface area contributed by atoms with Crippen molar-refractivity contribution in [2.75, 3.05) is 39.6 Å². The number of aliphatic hydroxyl groups excluding tert-OH is 1. The summed E-state index contributed by atoms with van der Waals surface area (Å²) >= 11 is 0. The van der Waals surface area contributed by atoms with Crippen LogP contribution in [0.25, 0.3) is 0 Å². The first kappa shape index (κ1) is 101. The molecule has 0 saturated heterocycles. The van der Waals surface area contributed by atoms with Crippen LogP contribution in [0.4, 0.5) is 0 Å². The topological polar surface area (TPSA) is 237 Å². The highest BCUT2D eigenvalue weighted by molar-refractivity contribution is 7.47. The van der Waals surface area contributed by atoms with E-state index >= 15 is 0 Å². The minimum atomic E-state index is -4.98. The molecular weight excluding hydrogens is 1350 g/mol. The Balaban J connectivity index is 5.33. The molecule has 19 heteroatoms. The van der Waals surface area contributed by atoms with E-state index in [2.05, 4.69) is 88.5 Å². The molecule has 104 heavy (non-hydrogen) atoms. The molecule has 0 bridgehead atoms. The molecule has 5 unspecified atom stereocenters. The Hall–Kier alpha value is -3.24. The van der Waals surface area contributed by atoms with Gasteiger partial charge in [-0.1, -0.05) is 339 Å². The van der Waals surface area contributed by atoms with Gasteiger partial charge in [0, 0.05) is 25.7 Å². The highest BCUT2D eigenvalue weighted by Gasteiger charge is 2.30. The Morgan fingerprint density at radius 3 is 0.740 bits per heavy atom. The zero-order valence-corrected chi connectivity index (χ0v) is 68.5. The Morgan fingerprint density at radius 1 is 0.269 bits per heavy atom. The second-order valence-corrected chi connectivity index (χ2v) is 31.7. The number of carbonyl (C=O) groups excluding carboxylic acids is 4. The van der Waals surface area contributed by atoms with Crippen LogP contribution in [0.2, 0.25) is 0 Å². The number of hydrogen-bond acceptors (Lipinski definition) is 15. The normalized spacial score (nSPS) is 14.1. The van der Waals surface area contributed by atoms with Gasteiger partial charge >= 0.3 is 39.5 Å². The summed E-state index contributed by atoms with van der Waals surface area (Å²) in [6.45, 7) is 4.90. The third-order valence-electron chi connectivity index (χ3n) is 18.5. The first-order chi connectivity index (χ1) is 50.7. The summed E-state index contributed by atoms with van der Waals surface area (Å²) in [6, 6.07) is 0. The van der Waals surface area contributed by atoms with Crippen LogP contribution in [-0.4, -0.2) is 96.7 Å². The lowest BCUT2D eigenvalue weighted by Crippen LogP contribution is -2.30. The van der Waals surface area contributed by atoms with Gasteiger partial charge in [0.15, 0.2) is 12.2 Å². The van der Waals surface area contributed by atoms with Crippen molar-refractivity contribution >= 4 is 39.5 Å². The predicted molar refractivity (Wildman–Crippen MR) is 427 cm³/mol. The van der Waals surface area contributed by atoms with Crippen molar-refractivity contribution in [1.29, 1.82) is 0 Å². The highest BCUT2D eigenvalue weighted by Crippen LogP contribution is 2.45. The van der Waals surface area contributed by atoms with Gasteiger partial charge in [-0.15, -0.1) is 0 Å². The number of unbranched alkanes of at least 4 members (excludes halogenated alkanes) is 45. The van der Waals surface area contributed by atoms with Gasteiger partial charge in [0.25, 0.3) is 0 Å². The van der Waals surface area contributed by atoms with E-state index in [0.29, 0.717) is 25.7 Å². The maximum absolute atomic E-state index is 13.1. The number of phosphoric ester groups is 2. The summed E-state index contributed by atoms with van der Waals surface area (Å²) in [5.41, 5.74) is 0. The monoisotopic (exact) mass is 1510 g/mol. The number of aliphatic hydroxyl groups is 1. The zero-order chi connectivity index (χ0) is 76.0. The van der Waals surface area contributed by atoms with Gasteiger partial charge in [-0.3, -0.25) is 37.3 Å². The predicted octanol–water partition coefficient (Wildman–Crippen LogP) is 25.0. The average Bonchev–Trinajstić information content (AvgIpc) is 0.918. The Kier molecular flexibility index (Phi) is 75.5. The largest absolute Gasteiger partial charge is 0.472 e. The van der Waals surface area contributed by atoms with Crippen molar-refractivity contribution in [3.63, 3.8) is 0 Å². The number of esters is 4. The third kappa shape index (κ3) is 76.9. The van der Waals surface area contributed by atoms with Gasteiger partial charge in [-0.25, -0.2) is 9.13 Å². The van der Waals surface area contributed by atoms with E-state index in [1.807, 2.05) is 0 Å². The average molecular weight is 1510 g/mol. The minimum Gasteiger partial charge on any atom is -0.462 e. The van der Waals surface area contributed by atoms with Gasteiger partial charge < -0.3 is 33.8 Å². The Labute approximate surface area is 635 Å². The van der Waals surface area contributed by atoms with Gasteiger partial charge in [0.05, 0.1) is 26.4 Å². The summed E-state index contributed by atoms with van der Waals surface area (Å²) in [7, 11) is -9.95. The number of carbonyl (C=O) groups is 4. The molecule has 608 valence electrons. The summed E-state index contributed by atoms with van der Waals surface area (Å²) in [5, 5.41) is 10.7. The molecule has 0 amide bonds. The van der Waals surface area contributed by atoms with Crippen molar-refractivity contribution < 1.29 is 80.2 Å². The van der Waals surface area contributed by atoms with Crippen LogP contribution in [-0.2, 0) is 65.4 Å². The van der Waals surface area contributed by atoms with Crippen molar-refractivity contribution in [3.05, 3.63) is 60.8 Å². The lowest BCUT2D eigenvalue weighted by molar-refractivity contribution is -0.161. The molecule has 0 heterocycles. The van der Waals surface area contributed by atoms with E-state index in [-0.39, 0.29) is 25.7 Å². The molecule has 0 fully saturated rings. The summed E-state index contributed by atoms with van der Waals surface area (Å²) in [4.78, 5) is 73.2. The number of allylic oxidation sites excluding steroid dienone is 10. The molecule has 0 spiro atoms. The zero-order valence-electron chi connectivity index (χ0n) is 66.7. The molecule has 0 aromatic heterocycles. The quantitative estimate of drug-likeness (QED) is 0.0169. The van der Waals surface area contributed by atoms with E-state index in [0.717, 1.165) is 154 Å². The van der Waals surface area contributed by atoms with Gasteiger partial charge in [0.1, 0.15) is 19.3 Å². The van der Waals surface area contributed by atoms with E-state index in [1.165, 1.54) is 167 Å². The fraction of sp³-hybridized carbons (Fsp3) is 0.835. The number of rotatable bonds is 81. The highest BCUT2D eigenvalue weighted by atomic mass is 31.2. The van der Waals surface area contributed by atoms with Crippen molar-refractivity contribution in [3.8, 4) is 0 Å². The molecule has 0 aromatic rings. The first-order valence-electron chi connectivity index (χ1n) is 42.5. The van der Waals surface area contributed by atoms with Crippen LogP contribution >= 0.6 is 15.6 Å². The maximum atomic E-state index is 13.1. The van der Waals surface area contributed by atoms with Crippen LogP contribution in [0, 0.1) is 0 Å². The summed E-state index contributed by atoms with van der Waals surface area (Å²) in [5.74, 6) is -2.16. The number of phosphoric acid groups is 2. The Bertz CT molecular complexity index is 2200. The minimum absolute atomic E-state index is 0.0988. The smallest absolute Gasteiger partial charge is 0.462 e. The second kappa shape index (κ2) is 77.9. The molecule has 5 atom stereocenters. The molecule has 17 nitrogen and oxygen atoms in total. The van der Waals surface area contributed by atoms with Crippen LogP contribution in [0.15, 0.2) is 60.8 Å². The van der Waals surface area contributed by atoms with E-state index in [9.17, 15) is 43.2 Å². The molecule has 0 aliphatic rings. The molecule has 3 N–H and O–H groups in total. The second-order valence-electron chi connectivity index (χ2n) is 28.8. The van der Waals surface area contributed by atoms with E-state index in [4.69, 9.17) is 37.0 Å². The maximum Gasteiger partial charge on any atom is 0.472 e. The summed E-state index contributed by atoms with van der Waals surface area (Å²) in [6.07, 6.45) is 78.9. The van der Waals surface area contributed by atoms with Crippen LogP contribution < -0.4 is 0 Å². The molecule has 0 saturated carbocycles. The van der Waals surface area contributed by atoms with Gasteiger partial charge in [-0.05, 0) is 96.3 Å². The SMILES string of the molecule is CCCCC/C=C\C/C=C\C/C=C\CCCCCCCCC(=O)OCC(COP(=O)(O)OCC(O)COP(=O)(O)OCC(COC(=O)CCCCCCC/C=C\C/C=C\CCCCC)OC(=O)CCCCCCCCCCCCCCCCC)OC(=O)CCCCCCCCCCCCCCCCC. The number of hydrogen-bond donors (Lipinski definition) is 3. The van der Waals surface area contributed by atoms with Crippen LogP contribution in [0.5, 0.6) is 0 Å². The third-order valence-corrected chi connectivity index (χ3v) is 20.4. The van der Waals surface area contributed by atoms with Crippen LogP contribution in [0.1, 0.15) is 400 Å². The van der Waals surface area contributed by atoms with Crippen molar-refractivity contribution in [2.45, 2.75) is 418 Å². The van der Waals surface area contributed by atoms with Crippen molar-refractivity contribution in [2.24, 2.45) is 0 Å². The molecule has 0 aromatic carbocycles. The number of ether oxygens (including phenoxy) is 4. The van der Waals surface area contributed by atoms with Gasteiger partial charge in [0.2, 0.25) is 0 Å². The van der Waals surface area contributed by atoms with E-state index in [1.54, 1.807) is 0 Å². The molecular formula is C85H156O17P2. The molecule has 0 rings (SSSR count). The molecule has 0 radical (unpaired) electrons. The lowest BCUT2D eigenvalue weighted by Gasteiger charge is -2.21. The Morgan fingerprint density at radius 2 is 0.471 bits per heavy atom. The lowest BCUT2D eigenvalue weighted by atomic mass is 10.0. The van der Waals surface area contributed by atoms with E-state index < -0.39 is 97.5 Å². The fourth-order valence-corrected chi connectivity index (χ4v) is 13.5. The molecule has 0 aliphatic heterocycles. The van der Waals surface area contributed by atoms with Gasteiger partial charge in [-0.2, -0.15) is 0 Å².